The summed E-state index contributed by atoms with van der Waals surface area (Å²) in [5.74, 6) is -0.327. The number of nitrogens with one attached hydrogen (secondary N) is 2. The molecule has 0 aliphatic heterocycles. The predicted molar refractivity (Wildman–Crippen MR) is 68.1 cm³/mol. The van der Waals surface area contributed by atoms with Crippen LogP contribution in [0.1, 0.15) is 20.3 Å². The summed E-state index contributed by atoms with van der Waals surface area (Å²) in [5.41, 5.74) is 0. The first-order valence-electron chi connectivity index (χ1n) is 6.08. The number of rotatable bonds is 9. The normalized spacial score (nSPS) is 12.3. The molecule has 0 unspecified atom stereocenters. The molecule has 0 aliphatic rings. The van der Waals surface area contributed by atoms with Crippen molar-refractivity contribution in [2.45, 2.75) is 26.3 Å². The Hall–Kier alpha value is -1.14. The third-order valence-corrected chi connectivity index (χ3v) is 2.30. The second kappa shape index (κ2) is 9.85. The molecule has 6 heteroatoms. The number of amides is 1. The lowest BCUT2D eigenvalue weighted by molar-refractivity contribution is -0.145. The van der Waals surface area contributed by atoms with Gasteiger partial charge in [0.25, 0.3) is 0 Å². The summed E-state index contributed by atoms with van der Waals surface area (Å²) in [6.45, 7) is 5.27. The molecule has 6 nitrogen and oxygen atoms in total. The number of ether oxygens (including phenoxy) is 2. The van der Waals surface area contributed by atoms with Gasteiger partial charge in [0, 0.05) is 13.7 Å². The Morgan fingerprint density at radius 1 is 1.22 bits per heavy atom. The second-order valence-corrected chi connectivity index (χ2v) is 4.44. The maximum absolute atomic E-state index is 11.6. The maximum Gasteiger partial charge on any atom is 0.328 e. The molecule has 0 aromatic rings. The third kappa shape index (κ3) is 8.03. The van der Waals surface area contributed by atoms with Gasteiger partial charge in [0.1, 0.15) is 6.04 Å². The first kappa shape index (κ1) is 16.9. The van der Waals surface area contributed by atoms with E-state index in [2.05, 4.69) is 15.4 Å². The molecule has 2 N–H and O–H groups in total. The van der Waals surface area contributed by atoms with Crippen LogP contribution in [-0.4, -0.2) is 51.8 Å². The summed E-state index contributed by atoms with van der Waals surface area (Å²) < 4.78 is 9.51. The fourth-order valence-corrected chi connectivity index (χ4v) is 1.45. The molecule has 0 bridgehead atoms. The van der Waals surface area contributed by atoms with E-state index in [-0.39, 0.29) is 12.5 Å². The lowest BCUT2D eigenvalue weighted by atomic mass is 10.0. The molecule has 0 radical (unpaired) electrons. The Morgan fingerprint density at radius 2 is 1.89 bits per heavy atom. The molecule has 0 rings (SSSR count). The molecule has 0 saturated heterocycles. The highest BCUT2D eigenvalue weighted by Crippen LogP contribution is 2.05. The van der Waals surface area contributed by atoms with Crippen LogP contribution in [0, 0.1) is 5.92 Å². The molecule has 0 saturated carbocycles. The highest BCUT2D eigenvalue weighted by Gasteiger charge is 2.22. The zero-order valence-corrected chi connectivity index (χ0v) is 11.6. The minimum atomic E-state index is -0.577. The molecule has 1 amide bonds. The van der Waals surface area contributed by atoms with Crippen molar-refractivity contribution in [3.63, 3.8) is 0 Å². The van der Waals surface area contributed by atoms with Crippen molar-refractivity contribution in [2.24, 2.45) is 5.92 Å². The van der Waals surface area contributed by atoms with Gasteiger partial charge in [-0.3, -0.25) is 4.79 Å². The molecule has 0 aliphatic carbocycles. The van der Waals surface area contributed by atoms with Gasteiger partial charge >= 0.3 is 5.97 Å². The standard InChI is InChI=1S/C12H24N2O4/c1-9(2)7-10(12(16)18-4)14-11(15)8-13-5-6-17-3/h9-10,13H,5-8H2,1-4H3,(H,14,15)/t10-/m0/s1. The molecule has 0 spiro atoms. The van der Waals surface area contributed by atoms with Crippen LogP contribution in [0.4, 0.5) is 0 Å². The average Bonchev–Trinajstić information content (AvgIpc) is 2.32. The van der Waals surface area contributed by atoms with Crippen molar-refractivity contribution < 1.29 is 19.1 Å². The predicted octanol–water partition coefficient (Wildman–Crippen LogP) is -0.0737. The van der Waals surface area contributed by atoms with Crippen LogP contribution in [0.3, 0.4) is 0 Å². The van der Waals surface area contributed by atoms with Crippen molar-refractivity contribution >= 4 is 11.9 Å². The van der Waals surface area contributed by atoms with Crippen LogP contribution in [0.2, 0.25) is 0 Å². The minimum absolute atomic E-state index is 0.162. The Balaban J connectivity index is 4.06. The van der Waals surface area contributed by atoms with E-state index in [0.29, 0.717) is 25.5 Å². The molecule has 0 aromatic carbocycles. The summed E-state index contributed by atoms with van der Waals surface area (Å²) in [5, 5.41) is 5.57. The molecular weight excluding hydrogens is 236 g/mol. The third-order valence-electron chi connectivity index (χ3n) is 2.30. The van der Waals surface area contributed by atoms with Crippen LogP contribution < -0.4 is 10.6 Å². The van der Waals surface area contributed by atoms with Crippen LogP contribution in [0.25, 0.3) is 0 Å². The van der Waals surface area contributed by atoms with E-state index in [0.717, 1.165) is 0 Å². The number of hydrogen-bond donors (Lipinski definition) is 2. The largest absolute Gasteiger partial charge is 0.467 e. The summed E-state index contributed by atoms with van der Waals surface area (Å²) >= 11 is 0. The molecule has 0 aromatic heterocycles. The fraction of sp³-hybridized carbons (Fsp3) is 0.833. The van der Waals surface area contributed by atoms with Gasteiger partial charge in [-0.25, -0.2) is 4.79 Å². The highest BCUT2D eigenvalue weighted by molar-refractivity contribution is 5.85. The Kier molecular flexibility index (Phi) is 9.22. The maximum atomic E-state index is 11.6. The van der Waals surface area contributed by atoms with E-state index < -0.39 is 12.0 Å². The quantitative estimate of drug-likeness (QED) is 0.448. The highest BCUT2D eigenvalue weighted by atomic mass is 16.5. The second-order valence-electron chi connectivity index (χ2n) is 4.44. The fourth-order valence-electron chi connectivity index (χ4n) is 1.45. The Bertz CT molecular complexity index is 256. The van der Waals surface area contributed by atoms with E-state index in [1.807, 2.05) is 13.8 Å². The molecule has 0 heterocycles. The van der Waals surface area contributed by atoms with E-state index in [4.69, 9.17) is 4.74 Å². The number of esters is 1. The van der Waals surface area contributed by atoms with Crippen molar-refractivity contribution in [1.82, 2.24) is 10.6 Å². The van der Waals surface area contributed by atoms with Gasteiger partial charge in [-0.05, 0) is 12.3 Å². The summed E-state index contributed by atoms with van der Waals surface area (Å²) in [7, 11) is 2.91. The van der Waals surface area contributed by atoms with E-state index >= 15 is 0 Å². The average molecular weight is 260 g/mol. The van der Waals surface area contributed by atoms with Gasteiger partial charge in [-0.2, -0.15) is 0 Å². The van der Waals surface area contributed by atoms with Crippen LogP contribution in [0.15, 0.2) is 0 Å². The van der Waals surface area contributed by atoms with Gasteiger partial charge in [0.2, 0.25) is 5.91 Å². The monoisotopic (exact) mass is 260 g/mol. The van der Waals surface area contributed by atoms with Gasteiger partial charge in [0.05, 0.1) is 20.3 Å². The zero-order valence-electron chi connectivity index (χ0n) is 11.6. The number of carbonyl (C=O) groups excluding carboxylic acids is 2. The molecule has 0 fully saturated rings. The summed E-state index contributed by atoms with van der Waals surface area (Å²) in [6.07, 6.45) is 0.566. The Labute approximate surface area is 108 Å². The lowest BCUT2D eigenvalue weighted by Gasteiger charge is -2.18. The molecular formula is C12H24N2O4. The van der Waals surface area contributed by atoms with E-state index in [1.54, 1.807) is 7.11 Å². The summed E-state index contributed by atoms with van der Waals surface area (Å²) in [6, 6.07) is -0.577. The molecule has 106 valence electrons. The first-order chi connectivity index (χ1) is 8.51. The topological polar surface area (TPSA) is 76.7 Å². The van der Waals surface area contributed by atoms with Crippen LogP contribution >= 0.6 is 0 Å². The van der Waals surface area contributed by atoms with E-state index in [1.165, 1.54) is 7.11 Å². The van der Waals surface area contributed by atoms with Crippen LogP contribution in [0.5, 0.6) is 0 Å². The summed E-state index contributed by atoms with van der Waals surface area (Å²) in [4.78, 5) is 23.1. The zero-order chi connectivity index (χ0) is 14.0. The molecule has 18 heavy (non-hydrogen) atoms. The van der Waals surface area contributed by atoms with Crippen molar-refractivity contribution in [2.75, 3.05) is 33.9 Å². The van der Waals surface area contributed by atoms with E-state index in [9.17, 15) is 9.59 Å². The van der Waals surface area contributed by atoms with Gasteiger partial charge in [0.15, 0.2) is 0 Å². The lowest BCUT2D eigenvalue weighted by Crippen LogP contribution is -2.46. The smallest absolute Gasteiger partial charge is 0.328 e. The number of carbonyl (C=O) groups is 2. The van der Waals surface area contributed by atoms with Gasteiger partial charge < -0.3 is 20.1 Å². The van der Waals surface area contributed by atoms with Crippen molar-refractivity contribution in [3.8, 4) is 0 Å². The van der Waals surface area contributed by atoms with Gasteiger partial charge in [-0.15, -0.1) is 0 Å². The molecule has 1 atom stereocenters. The SMILES string of the molecule is COCCNCC(=O)N[C@@H](CC(C)C)C(=O)OC. The Morgan fingerprint density at radius 3 is 2.39 bits per heavy atom. The number of methoxy groups -OCH3 is 2. The number of hydrogen-bond acceptors (Lipinski definition) is 5. The van der Waals surface area contributed by atoms with Crippen molar-refractivity contribution in [3.05, 3.63) is 0 Å². The van der Waals surface area contributed by atoms with Crippen LogP contribution in [-0.2, 0) is 19.1 Å². The minimum Gasteiger partial charge on any atom is -0.467 e. The van der Waals surface area contributed by atoms with Crippen molar-refractivity contribution in [1.29, 1.82) is 0 Å². The first-order valence-corrected chi connectivity index (χ1v) is 6.08. The van der Waals surface area contributed by atoms with Gasteiger partial charge in [-0.1, -0.05) is 13.8 Å².